The molecule has 158 valence electrons. The second kappa shape index (κ2) is 8.78. The molecule has 5 rings (SSSR count). The van der Waals surface area contributed by atoms with Gasteiger partial charge in [-0.2, -0.15) is 0 Å². The Morgan fingerprint density at radius 2 is 1.87 bits per heavy atom. The van der Waals surface area contributed by atoms with Crippen molar-refractivity contribution in [1.82, 2.24) is 15.5 Å². The summed E-state index contributed by atoms with van der Waals surface area (Å²) in [6, 6.07) is 18.2. The number of para-hydroxylation sites is 1. The third-order valence-corrected chi connectivity index (χ3v) is 7.07. The topological polar surface area (TPSA) is 53.6 Å². The zero-order chi connectivity index (χ0) is 20.3. The maximum absolute atomic E-state index is 12.9. The molecule has 5 heteroatoms. The van der Waals surface area contributed by atoms with Crippen molar-refractivity contribution in [3.8, 4) is 11.5 Å². The van der Waals surface area contributed by atoms with E-state index in [9.17, 15) is 4.79 Å². The zero-order valence-corrected chi connectivity index (χ0v) is 17.4. The van der Waals surface area contributed by atoms with Gasteiger partial charge in [0.15, 0.2) is 0 Å². The first kappa shape index (κ1) is 19.6. The lowest BCUT2D eigenvalue weighted by molar-refractivity contribution is -0.0371. The molecule has 3 heterocycles. The Labute approximate surface area is 178 Å². The van der Waals surface area contributed by atoms with E-state index in [2.05, 4.69) is 15.5 Å². The van der Waals surface area contributed by atoms with Crippen LogP contribution in [0, 0.1) is 11.8 Å². The summed E-state index contributed by atoms with van der Waals surface area (Å²) in [5, 5.41) is 6.88. The predicted octanol–water partition coefficient (Wildman–Crippen LogP) is 3.67. The van der Waals surface area contributed by atoms with Crippen molar-refractivity contribution < 1.29 is 9.53 Å². The van der Waals surface area contributed by atoms with E-state index < -0.39 is 0 Å². The largest absolute Gasteiger partial charge is 0.457 e. The lowest BCUT2D eigenvalue weighted by atomic mass is 9.73. The van der Waals surface area contributed by atoms with Crippen LogP contribution in [0.2, 0.25) is 0 Å². The first-order chi connectivity index (χ1) is 14.8. The first-order valence-electron chi connectivity index (χ1n) is 11.4. The Morgan fingerprint density at radius 1 is 1.03 bits per heavy atom. The summed E-state index contributed by atoms with van der Waals surface area (Å²) < 4.78 is 5.89. The number of rotatable bonds is 5. The Balaban J connectivity index is 1.25. The van der Waals surface area contributed by atoms with Crippen LogP contribution >= 0.6 is 0 Å². The number of amides is 1. The van der Waals surface area contributed by atoms with Gasteiger partial charge in [-0.05, 0) is 81.1 Å². The number of nitrogens with one attached hydrogen (secondary N) is 2. The van der Waals surface area contributed by atoms with E-state index in [1.165, 1.54) is 32.2 Å². The number of nitrogens with zero attached hydrogens (tertiary/aromatic N) is 1. The minimum Gasteiger partial charge on any atom is -0.457 e. The number of benzene rings is 2. The molecule has 3 fully saturated rings. The Kier molecular flexibility index (Phi) is 5.73. The average Bonchev–Trinajstić information content (AvgIpc) is 2.80. The lowest BCUT2D eigenvalue weighted by Gasteiger charge is -2.55. The Hall–Kier alpha value is -2.37. The third kappa shape index (κ3) is 4.09. The van der Waals surface area contributed by atoms with E-state index in [1.54, 1.807) is 0 Å². The van der Waals surface area contributed by atoms with Crippen molar-refractivity contribution in [3.63, 3.8) is 0 Å². The molecule has 5 nitrogen and oxygen atoms in total. The summed E-state index contributed by atoms with van der Waals surface area (Å²) >= 11 is 0. The fourth-order valence-corrected chi connectivity index (χ4v) is 5.67. The lowest BCUT2D eigenvalue weighted by Crippen LogP contribution is -2.65. The number of hydrogen-bond donors (Lipinski definition) is 2. The Morgan fingerprint density at radius 3 is 2.77 bits per heavy atom. The summed E-state index contributed by atoms with van der Waals surface area (Å²) in [6.45, 7) is 4.13. The molecule has 0 aromatic heterocycles. The van der Waals surface area contributed by atoms with Gasteiger partial charge in [0.05, 0.1) is 0 Å². The highest BCUT2D eigenvalue weighted by Gasteiger charge is 2.45. The van der Waals surface area contributed by atoms with E-state index in [1.807, 2.05) is 54.6 Å². The van der Waals surface area contributed by atoms with E-state index >= 15 is 0 Å². The standard InChI is InChI=1S/C25H31N3O2/c29-25(18-7-6-10-22(14-18)30-21-8-2-1-3-9-21)27-17-24-20-13-19(15-26-16-20)23-11-4-5-12-28(23)24/h1-3,6-10,14,19-20,23-24,26H,4-5,11-13,15-17H2,(H,27,29)/t19-,20+,23+,24+/m1/s1. The van der Waals surface area contributed by atoms with Gasteiger partial charge in [-0.1, -0.05) is 30.7 Å². The average molecular weight is 406 g/mol. The number of carbonyl (C=O) groups excluding carboxylic acids is 1. The van der Waals surface area contributed by atoms with Crippen LogP contribution < -0.4 is 15.4 Å². The highest BCUT2D eigenvalue weighted by molar-refractivity contribution is 5.94. The number of carbonyl (C=O) groups is 1. The summed E-state index contributed by atoms with van der Waals surface area (Å²) in [6.07, 6.45) is 5.24. The maximum Gasteiger partial charge on any atom is 0.251 e. The van der Waals surface area contributed by atoms with Crippen LogP contribution in [0.1, 0.15) is 36.0 Å². The maximum atomic E-state index is 12.9. The Bertz CT molecular complexity index is 872. The van der Waals surface area contributed by atoms with E-state index in [0.29, 0.717) is 29.3 Å². The summed E-state index contributed by atoms with van der Waals surface area (Å²) in [5.41, 5.74) is 0.647. The monoisotopic (exact) mass is 405 g/mol. The molecule has 30 heavy (non-hydrogen) atoms. The molecular formula is C25H31N3O2. The molecule has 2 N–H and O–H groups in total. The van der Waals surface area contributed by atoms with Gasteiger partial charge in [-0.15, -0.1) is 0 Å². The summed E-state index contributed by atoms with van der Waals surface area (Å²) in [5.74, 6) is 2.84. The van der Waals surface area contributed by atoms with E-state index in [0.717, 1.165) is 31.3 Å². The molecule has 1 amide bonds. The second-order valence-corrected chi connectivity index (χ2v) is 8.94. The first-order valence-corrected chi connectivity index (χ1v) is 11.4. The minimum absolute atomic E-state index is 0.0204. The number of ether oxygens (including phenoxy) is 1. The van der Waals surface area contributed by atoms with Gasteiger partial charge in [0.2, 0.25) is 0 Å². The fourth-order valence-electron chi connectivity index (χ4n) is 5.67. The van der Waals surface area contributed by atoms with Crippen molar-refractivity contribution >= 4 is 5.91 Å². The molecule has 0 unspecified atom stereocenters. The molecule has 0 saturated carbocycles. The van der Waals surface area contributed by atoms with Crippen LogP contribution in [-0.4, -0.2) is 49.1 Å². The molecule has 4 atom stereocenters. The smallest absolute Gasteiger partial charge is 0.251 e. The highest BCUT2D eigenvalue weighted by Crippen LogP contribution is 2.38. The van der Waals surface area contributed by atoms with Gasteiger partial charge in [-0.3, -0.25) is 9.69 Å². The molecule has 2 aromatic rings. The van der Waals surface area contributed by atoms with E-state index in [-0.39, 0.29) is 5.91 Å². The van der Waals surface area contributed by atoms with Crippen LogP contribution in [0.4, 0.5) is 0 Å². The molecule has 2 bridgehead atoms. The summed E-state index contributed by atoms with van der Waals surface area (Å²) in [7, 11) is 0. The summed E-state index contributed by atoms with van der Waals surface area (Å²) in [4.78, 5) is 15.6. The van der Waals surface area contributed by atoms with Gasteiger partial charge in [0.25, 0.3) is 5.91 Å². The van der Waals surface area contributed by atoms with Crippen molar-refractivity contribution in [3.05, 3.63) is 60.2 Å². The number of piperidine rings is 3. The van der Waals surface area contributed by atoms with Crippen LogP contribution in [0.3, 0.4) is 0 Å². The highest BCUT2D eigenvalue weighted by atomic mass is 16.5. The quantitative estimate of drug-likeness (QED) is 0.797. The zero-order valence-electron chi connectivity index (χ0n) is 17.4. The van der Waals surface area contributed by atoms with Crippen molar-refractivity contribution in [2.24, 2.45) is 11.8 Å². The number of hydrogen-bond acceptors (Lipinski definition) is 4. The SMILES string of the molecule is O=C(NC[C@H]1[C@@H]2CNC[C@@H](C2)[C@@H]2CCCCN21)c1cccc(Oc2ccccc2)c1. The molecule has 3 aliphatic rings. The van der Waals surface area contributed by atoms with Crippen molar-refractivity contribution in [2.75, 3.05) is 26.2 Å². The molecule has 2 aromatic carbocycles. The fraction of sp³-hybridized carbons (Fsp3) is 0.480. The molecule has 0 aliphatic carbocycles. The normalized spacial score (nSPS) is 28.4. The van der Waals surface area contributed by atoms with Crippen LogP contribution in [0.25, 0.3) is 0 Å². The van der Waals surface area contributed by atoms with Crippen LogP contribution in [-0.2, 0) is 0 Å². The minimum atomic E-state index is -0.0204. The van der Waals surface area contributed by atoms with Crippen LogP contribution in [0.5, 0.6) is 11.5 Å². The van der Waals surface area contributed by atoms with Gasteiger partial charge >= 0.3 is 0 Å². The van der Waals surface area contributed by atoms with Gasteiger partial charge < -0.3 is 15.4 Å². The molecule has 3 aliphatic heterocycles. The third-order valence-electron chi connectivity index (χ3n) is 7.07. The second-order valence-electron chi connectivity index (χ2n) is 8.94. The predicted molar refractivity (Wildman–Crippen MR) is 118 cm³/mol. The van der Waals surface area contributed by atoms with Crippen molar-refractivity contribution in [1.29, 1.82) is 0 Å². The van der Waals surface area contributed by atoms with Gasteiger partial charge in [0.1, 0.15) is 11.5 Å². The number of fused-ring (bicyclic) bond motifs is 4. The molecule has 0 spiro atoms. The van der Waals surface area contributed by atoms with E-state index in [4.69, 9.17) is 4.74 Å². The van der Waals surface area contributed by atoms with Crippen molar-refractivity contribution in [2.45, 2.75) is 37.8 Å². The molecule has 0 radical (unpaired) electrons. The van der Waals surface area contributed by atoms with Crippen LogP contribution in [0.15, 0.2) is 54.6 Å². The molecular weight excluding hydrogens is 374 g/mol. The van der Waals surface area contributed by atoms with Gasteiger partial charge in [0, 0.05) is 24.2 Å². The molecule has 3 saturated heterocycles. The van der Waals surface area contributed by atoms with Gasteiger partial charge in [-0.25, -0.2) is 0 Å².